The molecule has 0 bridgehead atoms. The third kappa shape index (κ3) is 4.49. The normalized spacial score (nSPS) is 30.8. The summed E-state index contributed by atoms with van der Waals surface area (Å²) in [5.74, 6) is -1.29. The van der Waals surface area contributed by atoms with E-state index in [-0.39, 0.29) is 29.6 Å². The molecule has 0 aromatic heterocycles. The van der Waals surface area contributed by atoms with Crippen LogP contribution in [0, 0.1) is 11.8 Å². The Hall–Kier alpha value is -2.58. The molecule has 1 aromatic rings. The highest BCUT2D eigenvalue weighted by molar-refractivity contribution is 8.02. The van der Waals surface area contributed by atoms with Gasteiger partial charge in [-0.2, -0.15) is 0 Å². The van der Waals surface area contributed by atoms with Gasteiger partial charge in [0.25, 0.3) is 0 Å². The van der Waals surface area contributed by atoms with Crippen molar-refractivity contribution in [2.45, 2.75) is 68.0 Å². The van der Waals surface area contributed by atoms with Crippen LogP contribution in [0.4, 0.5) is 5.69 Å². The maximum atomic E-state index is 14.3. The molecule has 204 valence electrons. The molecule has 2 saturated heterocycles. The van der Waals surface area contributed by atoms with E-state index in [9.17, 15) is 14.4 Å². The highest BCUT2D eigenvalue weighted by Gasteiger charge is 2.71. The van der Waals surface area contributed by atoms with Crippen molar-refractivity contribution in [2.24, 2.45) is 11.8 Å². The maximum absolute atomic E-state index is 14.3. The molecular weight excluding hydrogens is 498 g/mol. The standard InChI is InChI=1S/C30H39N3O4S/c1-29(2,3)33-19-12-16-30-24(27(36)32(25(30)28(33)37)17-9-4-5-10-20-34)23-22(38-30)15-11-18-31(26(23)35)21-13-7-6-8-14-21/h6-8,11-16,22-25,34H,4-5,9-10,17-20H2,1-3H3/t22-,23+,24-,25?,30-/m0/s1. The first kappa shape index (κ1) is 27.0. The molecule has 5 rings (SSSR count). The van der Waals surface area contributed by atoms with E-state index >= 15 is 0 Å². The van der Waals surface area contributed by atoms with Crippen molar-refractivity contribution in [2.75, 3.05) is 31.1 Å². The van der Waals surface area contributed by atoms with Crippen molar-refractivity contribution in [1.82, 2.24) is 9.80 Å². The molecule has 1 unspecified atom stereocenters. The zero-order valence-corrected chi connectivity index (χ0v) is 23.4. The van der Waals surface area contributed by atoms with Gasteiger partial charge in [-0.25, -0.2) is 0 Å². The zero-order chi connectivity index (χ0) is 27.1. The van der Waals surface area contributed by atoms with Gasteiger partial charge in [-0.05, 0) is 45.7 Å². The fraction of sp³-hybridized carbons (Fsp3) is 0.567. The van der Waals surface area contributed by atoms with Gasteiger partial charge in [0.05, 0.1) is 16.6 Å². The number of aliphatic hydroxyl groups excluding tert-OH is 1. The zero-order valence-electron chi connectivity index (χ0n) is 22.6. The first-order valence-electron chi connectivity index (χ1n) is 13.8. The summed E-state index contributed by atoms with van der Waals surface area (Å²) >= 11 is 1.63. The average Bonchev–Trinajstić information content (AvgIpc) is 3.18. The van der Waals surface area contributed by atoms with Crippen LogP contribution in [0.2, 0.25) is 0 Å². The number of nitrogens with zero attached hydrogens (tertiary/aromatic N) is 3. The molecule has 1 aromatic carbocycles. The van der Waals surface area contributed by atoms with E-state index in [1.54, 1.807) is 21.6 Å². The lowest BCUT2D eigenvalue weighted by molar-refractivity contribution is -0.145. The van der Waals surface area contributed by atoms with Gasteiger partial charge in [0.15, 0.2) is 0 Å². The number of likely N-dealkylation sites (tertiary alicyclic amines) is 1. The summed E-state index contributed by atoms with van der Waals surface area (Å²) in [4.78, 5) is 48.2. The summed E-state index contributed by atoms with van der Waals surface area (Å²) in [5, 5.41) is 8.98. The number of benzene rings is 1. The van der Waals surface area contributed by atoms with Crippen LogP contribution in [0.15, 0.2) is 54.6 Å². The minimum atomic E-state index is -0.783. The van der Waals surface area contributed by atoms with Crippen molar-refractivity contribution >= 4 is 35.2 Å². The molecular formula is C30H39N3O4S. The molecule has 5 atom stereocenters. The van der Waals surface area contributed by atoms with Crippen molar-refractivity contribution in [3.05, 3.63) is 54.6 Å². The summed E-state index contributed by atoms with van der Waals surface area (Å²) < 4.78 is -0.783. The molecule has 0 radical (unpaired) electrons. The number of unbranched alkanes of at least 4 members (excludes halogenated alkanes) is 3. The number of amides is 3. The van der Waals surface area contributed by atoms with Crippen molar-refractivity contribution < 1.29 is 19.5 Å². The Morgan fingerprint density at radius 3 is 2.39 bits per heavy atom. The smallest absolute Gasteiger partial charge is 0.247 e. The van der Waals surface area contributed by atoms with Gasteiger partial charge in [-0.15, -0.1) is 11.8 Å². The minimum Gasteiger partial charge on any atom is -0.396 e. The first-order valence-corrected chi connectivity index (χ1v) is 14.7. The lowest BCUT2D eigenvalue weighted by atomic mass is 9.78. The Morgan fingerprint density at radius 2 is 1.68 bits per heavy atom. The van der Waals surface area contributed by atoms with Gasteiger partial charge >= 0.3 is 0 Å². The lowest BCUT2D eigenvalue weighted by Crippen LogP contribution is -2.57. The summed E-state index contributed by atoms with van der Waals surface area (Å²) in [6.45, 7) is 7.68. The number of carbonyl (C=O) groups is 3. The molecule has 4 aliphatic rings. The van der Waals surface area contributed by atoms with Gasteiger partial charge in [0, 0.05) is 42.7 Å². The molecule has 0 saturated carbocycles. The van der Waals surface area contributed by atoms with E-state index < -0.39 is 28.2 Å². The molecule has 0 aliphatic carbocycles. The molecule has 8 heteroatoms. The van der Waals surface area contributed by atoms with Crippen LogP contribution in [-0.4, -0.2) is 80.4 Å². The Labute approximate surface area is 229 Å². The largest absolute Gasteiger partial charge is 0.396 e. The van der Waals surface area contributed by atoms with Crippen LogP contribution in [0.25, 0.3) is 0 Å². The topological polar surface area (TPSA) is 81.2 Å². The summed E-state index contributed by atoms with van der Waals surface area (Å²) in [5.41, 5.74) is 0.427. The highest BCUT2D eigenvalue weighted by Crippen LogP contribution is 2.61. The fourth-order valence-corrected chi connectivity index (χ4v) is 8.57. The van der Waals surface area contributed by atoms with Gasteiger partial charge in [-0.3, -0.25) is 14.4 Å². The summed E-state index contributed by atoms with van der Waals surface area (Å²) in [7, 11) is 0. The molecule has 2 fully saturated rings. The molecule has 38 heavy (non-hydrogen) atoms. The van der Waals surface area contributed by atoms with E-state index in [4.69, 9.17) is 5.11 Å². The SMILES string of the molecule is CC(C)(C)N1CC=C[C@]23S[C@H]4C=CCN(c5ccccc5)C(=O)[C@H]4[C@H]2C(=O)N(CCCCCCO)C3C1=O. The minimum absolute atomic E-state index is 0.0333. The first-order chi connectivity index (χ1) is 18.2. The highest BCUT2D eigenvalue weighted by atomic mass is 32.2. The van der Waals surface area contributed by atoms with E-state index in [1.807, 2.05) is 68.2 Å². The van der Waals surface area contributed by atoms with Gasteiger partial charge < -0.3 is 19.8 Å². The number of anilines is 1. The quantitative estimate of drug-likeness (QED) is 0.424. The Bertz CT molecular complexity index is 1130. The number of aliphatic hydroxyl groups is 1. The number of hydrogen-bond acceptors (Lipinski definition) is 5. The number of rotatable bonds is 7. The number of hydrogen-bond donors (Lipinski definition) is 1. The Balaban J connectivity index is 1.54. The predicted molar refractivity (Wildman–Crippen MR) is 151 cm³/mol. The summed E-state index contributed by atoms with van der Waals surface area (Å²) in [6, 6.07) is 8.98. The maximum Gasteiger partial charge on any atom is 0.247 e. The van der Waals surface area contributed by atoms with Crippen LogP contribution in [-0.2, 0) is 14.4 Å². The number of para-hydroxylation sites is 1. The van der Waals surface area contributed by atoms with Crippen molar-refractivity contribution in [3.8, 4) is 0 Å². The van der Waals surface area contributed by atoms with Crippen molar-refractivity contribution in [1.29, 1.82) is 0 Å². The molecule has 4 heterocycles. The second-order valence-electron chi connectivity index (χ2n) is 11.7. The Morgan fingerprint density at radius 1 is 0.947 bits per heavy atom. The van der Waals surface area contributed by atoms with E-state index in [2.05, 4.69) is 12.2 Å². The van der Waals surface area contributed by atoms with E-state index in [1.165, 1.54) is 0 Å². The molecule has 1 spiro atoms. The lowest BCUT2D eigenvalue weighted by Gasteiger charge is -2.40. The van der Waals surface area contributed by atoms with Gasteiger partial charge in [-0.1, -0.05) is 55.3 Å². The van der Waals surface area contributed by atoms with Crippen LogP contribution in [0.3, 0.4) is 0 Å². The number of fused-ring (bicyclic) bond motifs is 2. The Kier molecular flexibility index (Phi) is 7.48. The number of carbonyl (C=O) groups excluding carboxylic acids is 3. The second kappa shape index (κ2) is 10.5. The summed E-state index contributed by atoms with van der Waals surface area (Å²) in [6.07, 6.45) is 11.5. The van der Waals surface area contributed by atoms with Gasteiger partial charge in [0.1, 0.15) is 6.04 Å². The predicted octanol–water partition coefficient (Wildman–Crippen LogP) is 3.64. The second-order valence-corrected chi connectivity index (χ2v) is 13.2. The molecule has 7 nitrogen and oxygen atoms in total. The van der Waals surface area contributed by atoms with E-state index in [0.29, 0.717) is 19.6 Å². The van der Waals surface area contributed by atoms with Gasteiger partial charge in [0.2, 0.25) is 17.7 Å². The van der Waals surface area contributed by atoms with E-state index in [0.717, 1.165) is 31.4 Å². The molecule has 3 amide bonds. The third-order valence-electron chi connectivity index (χ3n) is 8.34. The fourth-order valence-electron chi connectivity index (χ4n) is 6.57. The van der Waals surface area contributed by atoms with Crippen LogP contribution < -0.4 is 4.90 Å². The monoisotopic (exact) mass is 537 g/mol. The molecule has 1 N–H and O–H groups in total. The number of thioether (sulfide) groups is 1. The van der Waals surface area contributed by atoms with Crippen LogP contribution in [0.5, 0.6) is 0 Å². The van der Waals surface area contributed by atoms with Crippen LogP contribution in [0.1, 0.15) is 46.5 Å². The average molecular weight is 538 g/mol. The molecule has 4 aliphatic heterocycles. The third-order valence-corrected chi connectivity index (χ3v) is 10.1. The van der Waals surface area contributed by atoms with Crippen molar-refractivity contribution in [3.63, 3.8) is 0 Å². The van der Waals surface area contributed by atoms with Crippen LogP contribution >= 0.6 is 11.8 Å².